The summed E-state index contributed by atoms with van der Waals surface area (Å²) in [5, 5.41) is 0. The second kappa shape index (κ2) is 6.93. The third kappa shape index (κ3) is 4.54. The fourth-order valence-corrected chi connectivity index (χ4v) is 2.92. The quantitative estimate of drug-likeness (QED) is 0.484. The van der Waals surface area contributed by atoms with Crippen LogP contribution in [-0.2, 0) is 13.6 Å². The van der Waals surface area contributed by atoms with Crippen LogP contribution < -0.4 is 0 Å². The van der Waals surface area contributed by atoms with Gasteiger partial charge in [-0.1, -0.05) is 26.2 Å². The van der Waals surface area contributed by atoms with E-state index in [2.05, 4.69) is 6.92 Å². The zero-order valence-electron chi connectivity index (χ0n) is 10.1. The van der Waals surface area contributed by atoms with Gasteiger partial charge in [0.05, 0.1) is 6.61 Å². The fraction of sp³-hybridized carbons (Fsp3) is 0.667. The zero-order chi connectivity index (χ0) is 11.9. The predicted octanol–water partition coefficient (Wildman–Crippen LogP) is 4.61. The highest BCUT2D eigenvalue weighted by molar-refractivity contribution is 7.57. The lowest BCUT2D eigenvalue weighted by atomic mass is 10.1. The second-order valence-corrected chi connectivity index (χ2v) is 5.65. The zero-order valence-corrected chi connectivity index (χ0v) is 11.0. The number of unbranched alkanes of at least 4 members (excludes halogenated alkanes) is 3. The summed E-state index contributed by atoms with van der Waals surface area (Å²) < 4.78 is 22.5. The lowest BCUT2D eigenvalue weighted by molar-refractivity contribution is 0.251. The molecule has 1 unspecified atom stereocenters. The van der Waals surface area contributed by atoms with Gasteiger partial charge in [-0.3, -0.25) is 4.52 Å². The largest absolute Gasteiger partial charge is 0.426 e. The summed E-state index contributed by atoms with van der Waals surface area (Å²) in [7, 11) is -2.97. The van der Waals surface area contributed by atoms with E-state index in [1.165, 1.54) is 25.1 Å². The molecule has 0 aromatic carbocycles. The first-order chi connectivity index (χ1) is 7.70. The highest BCUT2D eigenvalue weighted by Gasteiger charge is 2.24. The number of hydrogen-bond acceptors (Lipinski definition) is 3. The van der Waals surface area contributed by atoms with Crippen molar-refractivity contribution in [3.05, 3.63) is 23.7 Å². The van der Waals surface area contributed by atoms with Crippen molar-refractivity contribution >= 4 is 7.60 Å². The smallest absolute Gasteiger partial charge is 0.403 e. The molecule has 0 aliphatic carbocycles. The van der Waals surface area contributed by atoms with E-state index in [0.29, 0.717) is 6.61 Å². The van der Waals surface area contributed by atoms with Gasteiger partial charge >= 0.3 is 7.60 Å². The van der Waals surface area contributed by atoms with Crippen molar-refractivity contribution in [3.63, 3.8) is 0 Å². The van der Waals surface area contributed by atoms with E-state index in [1.807, 2.05) is 13.0 Å². The molecule has 0 bridgehead atoms. The number of allylic oxidation sites excluding steroid dienone is 3. The van der Waals surface area contributed by atoms with Crippen LogP contribution in [0.2, 0.25) is 0 Å². The van der Waals surface area contributed by atoms with Crippen LogP contribution in [0.3, 0.4) is 0 Å². The minimum absolute atomic E-state index is 0.407. The Morgan fingerprint density at radius 1 is 1.31 bits per heavy atom. The fourth-order valence-electron chi connectivity index (χ4n) is 1.58. The molecule has 3 nitrogen and oxygen atoms in total. The van der Waals surface area contributed by atoms with Gasteiger partial charge in [-0.15, -0.1) is 0 Å². The van der Waals surface area contributed by atoms with E-state index in [4.69, 9.17) is 9.05 Å². The van der Waals surface area contributed by atoms with Crippen LogP contribution in [0.1, 0.15) is 46.0 Å². The average molecular weight is 244 g/mol. The SMILES string of the molecule is CCCCCCC1=CC=CP(=O)(OCC)O1. The molecule has 1 aliphatic rings. The van der Waals surface area contributed by atoms with Crippen LogP contribution in [0.5, 0.6) is 0 Å². The van der Waals surface area contributed by atoms with Crippen molar-refractivity contribution in [2.24, 2.45) is 0 Å². The van der Waals surface area contributed by atoms with Gasteiger partial charge in [-0.25, -0.2) is 4.57 Å². The van der Waals surface area contributed by atoms with Crippen LogP contribution >= 0.6 is 7.60 Å². The molecule has 0 radical (unpaired) electrons. The molecule has 0 aromatic rings. The van der Waals surface area contributed by atoms with Crippen LogP contribution in [0.4, 0.5) is 0 Å². The van der Waals surface area contributed by atoms with Gasteiger partial charge in [-0.05, 0) is 25.5 Å². The van der Waals surface area contributed by atoms with E-state index >= 15 is 0 Å². The van der Waals surface area contributed by atoms with Crippen molar-refractivity contribution in [3.8, 4) is 0 Å². The van der Waals surface area contributed by atoms with Crippen molar-refractivity contribution in [1.29, 1.82) is 0 Å². The highest BCUT2D eigenvalue weighted by Crippen LogP contribution is 2.53. The summed E-state index contributed by atoms with van der Waals surface area (Å²) in [5.74, 6) is 2.31. The molecule has 16 heavy (non-hydrogen) atoms. The molecule has 0 N–H and O–H groups in total. The normalized spacial score (nSPS) is 24.0. The Morgan fingerprint density at radius 3 is 2.81 bits per heavy atom. The van der Waals surface area contributed by atoms with Crippen LogP contribution in [0, 0.1) is 0 Å². The third-order valence-corrected chi connectivity index (χ3v) is 4.03. The Labute approximate surface area is 98.1 Å². The Morgan fingerprint density at radius 2 is 2.12 bits per heavy atom. The van der Waals surface area contributed by atoms with Gasteiger partial charge in [0, 0.05) is 12.2 Å². The van der Waals surface area contributed by atoms with Gasteiger partial charge in [0.2, 0.25) is 0 Å². The predicted molar refractivity (Wildman–Crippen MR) is 66.3 cm³/mol. The van der Waals surface area contributed by atoms with Gasteiger partial charge in [0.1, 0.15) is 5.76 Å². The maximum atomic E-state index is 12.0. The van der Waals surface area contributed by atoms with Gasteiger partial charge < -0.3 is 4.52 Å². The van der Waals surface area contributed by atoms with Gasteiger partial charge in [0.15, 0.2) is 0 Å². The lowest BCUT2D eigenvalue weighted by Gasteiger charge is -2.19. The lowest BCUT2D eigenvalue weighted by Crippen LogP contribution is -1.97. The standard InChI is InChI=1S/C12H21O3P/c1-3-5-6-7-9-12-10-8-11-16(13,15-12)14-4-2/h8,10-11H,3-7,9H2,1-2H3. The van der Waals surface area contributed by atoms with Crippen LogP contribution in [-0.4, -0.2) is 6.61 Å². The molecule has 0 fully saturated rings. The Hall–Kier alpha value is -0.530. The van der Waals surface area contributed by atoms with Crippen LogP contribution in [0.25, 0.3) is 0 Å². The van der Waals surface area contributed by atoms with E-state index in [0.717, 1.165) is 18.6 Å². The Balaban J connectivity index is 2.36. The van der Waals surface area contributed by atoms with Crippen molar-refractivity contribution in [2.75, 3.05) is 6.61 Å². The van der Waals surface area contributed by atoms with Crippen molar-refractivity contribution in [2.45, 2.75) is 46.0 Å². The highest BCUT2D eigenvalue weighted by atomic mass is 31.2. The molecule has 1 heterocycles. The van der Waals surface area contributed by atoms with Crippen molar-refractivity contribution in [1.82, 2.24) is 0 Å². The average Bonchev–Trinajstić information content (AvgIpc) is 2.24. The third-order valence-electron chi connectivity index (χ3n) is 2.38. The molecule has 1 aliphatic heterocycles. The molecule has 0 amide bonds. The molecule has 0 aromatic heterocycles. The first-order valence-electron chi connectivity index (χ1n) is 6.02. The summed E-state index contributed by atoms with van der Waals surface area (Å²) in [5.41, 5.74) is 0. The van der Waals surface area contributed by atoms with E-state index in [-0.39, 0.29) is 0 Å². The molecule has 0 spiro atoms. The second-order valence-electron chi connectivity index (χ2n) is 3.83. The Kier molecular flexibility index (Phi) is 5.86. The molecule has 4 heteroatoms. The maximum Gasteiger partial charge on any atom is 0.403 e. The molecular weight excluding hydrogens is 223 g/mol. The van der Waals surface area contributed by atoms with Gasteiger partial charge in [0.25, 0.3) is 0 Å². The summed E-state index contributed by atoms with van der Waals surface area (Å²) >= 11 is 0. The minimum Gasteiger partial charge on any atom is -0.426 e. The van der Waals surface area contributed by atoms with Crippen molar-refractivity contribution < 1.29 is 13.6 Å². The van der Waals surface area contributed by atoms with E-state index < -0.39 is 7.60 Å². The topological polar surface area (TPSA) is 35.5 Å². The van der Waals surface area contributed by atoms with E-state index in [1.54, 1.807) is 6.08 Å². The molecule has 1 atom stereocenters. The molecule has 92 valence electrons. The minimum atomic E-state index is -2.97. The summed E-state index contributed by atoms with van der Waals surface area (Å²) in [6.45, 7) is 4.41. The first kappa shape index (κ1) is 13.5. The molecule has 1 rings (SSSR count). The van der Waals surface area contributed by atoms with Gasteiger partial charge in [-0.2, -0.15) is 0 Å². The molecular formula is C12H21O3P. The first-order valence-corrected chi connectivity index (χ1v) is 7.63. The summed E-state index contributed by atoms with van der Waals surface area (Å²) in [4.78, 5) is 0. The Bertz CT molecular complexity index is 307. The summed E-state index contributed by atoms with van der Waals surface area (Å²) in [6.07, 6.45) is 9.24. The number of rotatable bonds is 7. The van der Waals surface area contributed by atoms with Crippen LogP contribution in [0.15, 0.2) is 23.7 Å². The summed E-state index contributed by atoms with van der Waals surface area (Å²) in [6, 6.07) is 0. The molecule has 0 saturated heterocycles. The maximum absolute atomic E-state index is 12.0. The monoisotopic (exact) mass is 244 g/mol. The molecule has 0 saturated carbocycles. The number of hydrogen-bond donors (Lipinski definition) is 0. The van der Waals surface area contributed by atoms with E-state index in [9.17, 15) is 4.57 Å².